The molecule has 2 N–H and O–H groups in total. The number of hydrogen-bond acceptors (Lipinski definition) is 4. The van der Waals surface area contributed by atoms with Crippen LogP contribution in [0, 0.1) is 22.9 Å². The summed E-state index contributed by atoms with van der Waals surface area (Å²) >= 11 is 0. The molecule has 1 amide bonds. The zero-order valence-electron chi connectivity index (χ0n) is 13.2. The third-order valence-corrected chi connectivity index (χ3v) is 3.70. The number of amides is 1. The second-order valence-corrected chi connectivity index (χ2v) is 5.52. The molecule has 2 rings (SSSR count). The van der Waals surface area contributed by atoms with Crippen molar-refractivity contribution in [2.24, 2.45) is 0 Å². The zero-order chi connectivity index (χ0) is 17.9. The van der Waals surface area contributed by atoms with Crippen molar-refractivity contribution in [2.75, 3.05) is 0 Å². The number of aryl methyl sites for hydroxylation is 1. The molecular weight excluding hydrogens is 315 g/mol. The Morgan fingerprint density at radius 1 is 1.25 bits per heavy atom. The number of nitrogens with one attached hydrogen (secondary N) is 1. The van der Waals surface area contributed by atoms with Crippen molar-refractivity contribution in [3.63, 3.8) is 0 Å². The van der Waals surface area contributed by atoms with Crippen LogP contribution in [0.5, 0.6) is 0 Å². The quantitative estimate of drug-likeness (QED) is 0.650. The molecule has 0 fully saturated rings. The van der Waals surface area contributed by atoms with Gasteiger partial charge in [-0.15, -0.1) is 0 Å². The van der Waals surface area contributed by atoms with E-state index < -0.39 is 28.8 Å². The van der Waals surface area contributed by atoms with Crippen molar-refractivity contribution in [2.45, 2.75) is 26.0 Å². The Bertz CT molecular complexity index is 762. The van der Waals surface area contributed by atoms with Gasteiger partial charge in [0.15, 0.2) is 0 Å². The van der Waals surface area contributed by atoms with Gasteiger partial charge in [0.25, 0.3) is 11.6 Å². The Balaban J connectivity index is 2.09. The molecule has 7 heteroatoms. The highest BCUT2D eigenvalue weighted by molar-refractivity contribution is 5.94. The number of nitro benzene ring substituents is 1. The monoisotopic (exact) mass is 332 g/mol. The summed E-state index contributed by atoms with van der Waals surface area (Å²) in [5.41, 5.74) is 1.05. The molecule has 0 saturated heterocycles. The van der Waals surface area contributed by atoms with E-state index in [1.54, 1.807) is 13.8 Å². The van der Waals surface area contributed by atoms with Gasteiger partial charge in [-0.25, -0.2) is 4.39 Å². The summed E-state index contributed by atoms with van der Waals surface area (Å²) in [4.78, 5) is 22.5. The predicted octanol–water partition coefficient (Wildman–Crippen LogP) is 2.89. The van der Waals surface area contributed by atoms with E-state index in [1.165, 1.54) is 42.5 Å². The predicted molar refractivity (Wildman–Crippen MR) is 86.1 cm³/mol. The lowest BCUT2D eigenvalue weighted by Gasteiger charge is -2.20. The molecular formula is C17H17FN2O4. The number of benzene rings is 2. The lowest BCUT2D eigenvalue weighted by Crippen LogP contribution is -2.37. The number of carbonyl (C=O) groups is 1. The first kappa shape index (κ1) is 17.6. The van der Waals surface area contributed by atoms with Crippen LogP contribution in [0.3, 0.4) is 0 Å². The van der Waals surface area contributed by atoms with Gasteiger partial charge >= 0.3 is 0 Å². The van der Waals surface area contributed by atoms with Gasteiger partial charge in [-0.1, -0.05) is 12.1 Å². The molecule has 0 aliphatic rings. The summed E-state index contributed by atoms with van der Waals surface area (Å²) in [5.74, 6) is -0.870. The first-order valence-electron chi connectivity index (χ1n) is 7.29. The van der Waals surface area contributed by atoms with Gasteiger partial charge in [-0.05, 0) is 43.7 Å². The van der Waals surface area contributed by atoms with Crippen molar-refractivity contribution in [1.29, 1.82) is 0 Å². The first-order chi connectivity index (χ1) is 11.3. The van der Waals surface area contributed by atoms with Crippen molar-refractivity contribution >= 4 is 11.6 Å². The minimum Gasteiger partial charge on any atom is -0.386 e. The average molecular weight is 332 g/mol. The Kier molecular flexibility index (Phi) is 5.25. The summed E-state index contributed by atoms with van der Waals surface area (Å²) in [5, 5.41) is 23.6. The van der Waals surface area contributed by atoms with E-state index in [1.807, 2.05) is 0 Å². The van der Waals surface area contributed by atoms with Crippen molar-refractivity contribution in [3.8, 4) is 0 Å². The van der Waals surface area contributed by atoms with Gasteiger partial charge in [-0.3, -0.25) is 14.9 Å². The minimum absolute atomic E-state index is 0.0639. The summed E-state index contributed by atoms with van der Waals surface area (Å²) in [6, 6.07) is 8.77. The van der Waals surface area contributed by atoms with Crippen LogP contribution in [0.15, 0.2) is 42.5 Å². The fourth-order valence-corrected chi connectivity index (χ4v) is 2.32. The van der Waals surface area contributed by atoms with Crippen LogP contribution in [-0.2, 0) is 0 Å². The average Bonchev–Trinajstić information content (AvgIpc) is 2.54. The van der Waals surface area contributed by atoms with Gasteiger partial charge in [0.2, 0.25) is 0 Å². The van der Waals surface area contributed by atoms with E-state index in [9.17, 15) is 24.4 Å². The topological polar surface area (TPSA) is 92.5 Å². The molecule has 0 aromatic heterocycles. The molecule has 0 aliphatic carbocycles. The summed E-state index contributed by atoms with van der Waals surface area (Å²) in [6.07, 6.45) is -1.01. The van der Waals surface area contributed by atoms with Crippen LogP contribution in [0.25, 0.3) is 0 Å². The molecule has 0 bridgehead atoms. The fourth-order valence-electron chi connectivity index (χ4n) is 2.32. The second kappa shape index (κ2) is 7.18. The molecule has 126 valence electrons. The molecule has 6 nitrogen and oxygen atoms in total. The van der Waals surface area contributed by atoms with Crippen LogP contribution in [0.2, 0.25) is 0 Å². The highest BCUT2D eigenvalue weighted by atomic mass is 19.1. The molecule has 0 unspecified atom stereocenters. The maximum absolute atomic E-state index is 12.9. The lowest BCUT2D eigenvalue weighted by molar-refractivity contribution is -0.385. The van der Waals surface area contributed by atoms with Gasteiger partial charge in [-0.2, -0.15) is 0 Å². The summed E-state index contributed by atoms with van der Waals surface area (Å²) < 4.78 is 12.9. The number of aliphatic hydroxyl groups is 1. The maximum Gasteiger partial charge on any atom is 0.272 e. The van der Waals surface area contributed by atoms with E-state index in [2.05, 4.69) is 5.32 Å². The zero-order valence-corrected chi connectivity index (χ0v) is 13.2. The van der Waals surface area contributed by atoms with E-state index in [0.29, 0.717) is 11.1 Å². The number of rotatable bonds is 5. The Morgan fingerprint density at radius 3 is 2.42 bits per heavy atom. The van der Waals surface area contributed by atoms with Crippen molar-refractivity contribution < 1.29 is 19.2 Å². The molecule has 0 saturated carbocycles. The van der Waals surface area contributed by atoms with Gasteiger partial charge in [0.1, 0.15) is 5.82 Å². The van der Waals surface area contributed by atoms with Gasteiger partial charge in [0.05, 0.1) is 17.1 Å². The minimum atomic E-state index is -1.01. The molecule has 24 heavy (non-hydrogen) atoms. The second-order valence-electron chi connectivity index (χ2n) is 5.52. The number of nitrogens with zero attached hydrogens (tertiary/aromatic N) is 1. The summed E-state index contributed by atoms with van der Waals surface area (Å²) in [7, 11) is 0. The number of hydrogen-bond donors (Lipinski definition) is 2. The maximum atomic E-state index is 12.9. The Labute approximate surface area is 138 Å². The van der Waals surface area contributed by atoms with Gasteiger partial charge in [0, 0.05) is 17.2 Å². The smallest absolute Gasteiger partial charge is 0.272 e. The third kappa shape index (κ3) is 3.94. The molecule has 0 heterocycles. The number of nitro groups is 1. The Hall–Kier alpha value is -2.80. The van der Waals surface area contributed by atoms with Crippen molar-refractivity contribution in [3.05, 3.63) is 75.1 Å². The van der Waals surface area contributed by atoms with Crippen LogP contribution in [0.4, 0.5) is 10.1 Å². The van der Waals surface area contributed by atoms with Crippen LogP contribution < -0.4 is 5.32 Å². The highest BCUT2D eigenvalue weighted by Crippen LogP contribution is 2.20. The molecule has 2 aromatic carbocycles. The number of halogens is 1. The number of aliphatic hydroxyl groups excluding tert-OH is 1. The van der Waals surface area contributed by atoms with Crippen LogP contribution in [0.1, 0.15) is 34.5 Å². The van der Waals surface area contributed by atoms with Crippen LogP contribution in [-0.4, -0.2) is 22.0 Å². The van der Waals surface area contributed by atoms with E-state index in [0.717, 1.165) is 0 Å². The van der Waals surface area contributed by atoms with Gasteiger partial charge < -0.3 is 10.4 Å². The fraction of sp³-hybridized carbons (Fsp3) is 0.235. The standard InChI is InChI=1S/C17H17FN2O4/c1-10-9-13(5-8-15(10)20(23)24)17(22)19-11(2)16(21)12-3-6-14(18)7-4-12/h3-9,11,16,21H,1-2H3,(H,19,22)/t11-,16-/m1/s1. The SMILES string of the molecule is Cc1cc(C(=O)N[C@H](C)[C@@H](O)c2ccc(F)cc2)ccc1[N+](=O)[O-]. The van der Waals surface area contributed by atoms with E-state index in [4.69, 9.17) is 0 Å². The number of carbonyl (C=O) groups excluding carboxylic acids is 1. The molecule has 0 aliphatic heterocycles. The molecule has 2 aromatic rings. The highest BCUT2D eigenvalue weighted by Gasteiger charge is 2.20. The van der Waals surface area contributed by atoms with E-state index in [-0.39, 0.29) is 11.3 Å². The lowest BCUT2D eigenvalue weighted by atomic mass is 10.0. The van der Waals surface area contributed by atoms with Crippen molar-refractivity contribution in [1.82, 2.24) is 5.32 Å². The van der Waals surface area contributed by atoms with Crippen LogP contribution >= 0.6 is 0 Å². The normalized spacial score (nSPS) is 13.2. The molecule has 0 spiro atoms. The summed E-state index contributed by atoms with van der Waals surface area (Å²) in [6.45, 7) is 3.16. The third-order valence-electron chi connectivity index (χ3n) is 3.70. The largest absolute Gasteiger partial charge is 0.386 e. The molecule has 2 atom stereocenters. The molecule has 0 radical (unpaired) electrons. The first-order valence-corrected chi connectivity index (χ1v) is 7.29. The Morgan fingerprint density at radius 2 is 1.88 bits per heavy atom. The van der Waals surface area contributed by atoms with E-state index >= 15 is 0 Å².